The van der Waals surface area contributed by atoms with Gasteiger partial charge >= 0.3 is 0 Å². The Morgan fingerprint density at radius 2 is 1.33 bits per heavy atom. The van der Waals surface area contributed by atoms with Crippen molar-refractivity contribution in [2.45, 2.75) is 75.1 Å². The van der Waals surface area contributed by atoms with Gasteiger partial charge in [0.2, 0.25) is 0 Å². The van der Waals surface area contributed by atoms with E-state index in [0.29, 0.717) is 0 Å². The maximum Gasteiger partial charge on any atom is 0.265 e. The van der Waals surface area contributed by atoms with Crippen LogP contribution in [0.2, 0.25) is 15.3 Å². The lowest BCUT2D eigenvalue weighted by Gasteiger charge is -2.29. The third-order valence-electron chi connectivity index (χ3n) is 3.86. The van der Waals surface area contributed by atoms with Crippen LogP contribution in [-0.4, -0.2) is 14.1 Å². The van der Waals surface area contributed by atoms with Crippen LogP contribution in [0.25, 0.3) is 0 Å². The molecule has 0 aromatic rings. The average Bonchev–Trinajstić information content (AvgIpc) is 2.17. The maximum absolute atomic E-state index is 2.42. The van der Waals surface area contributed by atoms with Gasteiger partial charge in [-0.15, -0.1) is 0 Å². The van der Waals surface area contributed by atoms with Gasteiger partial charge in [-0.3, -0.25) is 0 Å². The Bertz CT molecular complexity index is 147. The molecule has 0 amide bonds. The summed E-state index contributed by atoms with van der Waals surface area (Å²) in [5, 5.41) is 3.20. The highest BCUT2D eigenvalue weighted by molar-refractivity contribution is 6.60. The van der Waals surface area contributed by atoms with E-state index >= 15 is 0 Å². The van der Waals surface area contributed by atoms with Gasteiger partial charge in [-0.2, -0.15) is 0 Å². The fourth-order valence-electron chi connectivity index (χ4n) is 3.30. The standard InChI is InChI=1S/C6H11.2C4H9.Al/c1-2-4-6-5-3-1;2*1-4(2)3;/h1H,2-6H2;2*4H,1H2,2-3H3;. The molecule has 0 bridgehead atoms. The van der Waals surface area contributed by atoms with Crippen molar-refractivity contribution in [2.24, 2.45) is 11.8 Å². The predicted octanol–water partition coefficient (Wildman–Crippen LogP) is 5.13. The molecule has 1 aliphatic rings. The monoisotopic (exact) mass is 224 g/mol. The van der Waals surface area contributed by atoms with Crippen LogP contribution >= 0.6 is 0 Å². The van der Waals surface area contributed by atoms with E-state index in [1.807, 2.05) is 0 Å². The normalized spacial score (nSPS) is 18.8. The Balaban J connectivity index is 2.45. The van der Waals surface area contributed by atoms with Crippen molar-refractivity contribution in [3.05, 3.63) is 0 Å². The molecule has 1 saturated carbocycles. The van der Waals surface area contributed by atoms with Gasteiger partial charge < -0.3 is 0 Å². The summed E-state index contributed by atoms with van der Waals surface area (Å²) in [6, 6.07) is 0. The summed E-state index contributed by atoms with van der Waals surface area (Å²) in [6.45, 7) is 9.68. The summed E-state index contributed by atoms with van der Waals surface area (Å²) >= 11 is -0.431. The molecular weight excluding hydrogens is 195 g/mol. The minimum absolute atomic E-state index is 0.431. The van der Waals surface area contributed by atoms with Crippen molar-refractivity contribution >= 4 is 14.1 Å². The van der Waals surface area contributed by atoms with Gasteiger partial charge in [0, 0.05) is 0 Å². The van der Waals surface area contributed by atoms with Gasteiger partial charge in [-0.1, -0.05) is 87.0 Å². The molecule has 0 heterocycles. The third kappa shape index (κ3) is 5.41. The highest BCUT2D eigenvalue weighted by Crippen LogP contribution is 2.36. The average molecular weight is 224 g/mol. The van der Waals surface area contributed by atoms with E-state index in [9.17, 15) is 0 Å². The van der Waals surface area contributed by atoms with Gasteiger partial charge in [0.25, 0.3) is 14.1 Å². The summed E-state index contributed by atoms with van der Waals surface area (Å²) in [4.78, 5) is 0. The van der Waals surface area contributed by atoms with Crippen LogP contribution in [0.4, 0.5) is 0 Å². The Hall–Kier alpha value is 0.532. The molecule has 15 heavy (non-hydrogen) atoms. The lowest BCUT2D eigenvalue weighted by Crippen LogP contribution is -2.26. The van der Waals surface area contributed by atoms with Crippen LogP contribution in [-0.2, 0) is 0 Å². The van der Waals surface area contributed by atoms with Gasteiger partial charge in [0.1, 0.15) is 0 Å². The highest BCUT2D eigenvalue weighted by Gasteiger charge is 2.29. The van der Waals surface area contributed by atoms with Crippen molar-refractivity contribution < 1.29 is 0 Å². The van der Waals surface area contributed by atoms with Crippen LogP contribution < -0.4 is 0 Å². The van der Waals surface area contributed by atoms with Crippen molar-refractivity contribution in [1.82, 2.24) is 0 Å². The van der Waals surface area contributed by atoms with Gasteiger partial charge in [0.15, 0.2) is 0 Å². The van der Waals surface area contributed by atoms with E-state index in [-0.39, 0.29) is 0 Å². The molecule has 0 aromatic carbocycles. The highest BCUT2D eigenvalue weighted by atomic mass is 27.2. The Morgan fingerprint density at radius 3 is 1.73 bits per heavy atom. The summed E-state index contributed by atoms with van der Waals surface area (Å²) in [6.07, 6.45) is 7.74. The van der Waals surface area contributed by atoms with E-state index in [1.54, 1.807) is 23.4 Å². The zero-order valence-corrected chi connectivity index (χ0v) is 12.4. The smallest absolute Gasteiger partial charge is 0.0914 e. The first-order valence-corrected chi connectivity index (χ1v) is 9.39. The summed E-state index contributed by atoms with van der Waals surface area (Å²) in [5.41, 5.74) is 0. The Kier molecular flexibility index (Phi) is 6.32. The molecule has 1 fully saturated rings. The van der Waals surface area contributed by atoms with E-state index in [4.69, 9.17) is 0 Å². The molecule has 0 aromatic heterocycles. The van der Waals surface area contributed by atoms with E-state index in [1.165, 1.54) is 24.0 Å². The van der Waals surface area contributed by atoms with Crippen LogP contribution in [0.15, 0.2) is 0 Å². The molecule has 0 N–H and O–H groups in total. The van der Waals surface area contributed by atoms with Crippen molar-refractivity contribution in [3.63, 3.8) is 0 Å². The van der Waals surface area contributed by atoms with E-state index in [0.717, 1.165) is 11.8 Å². The molecule has 0 radical (unpaired) electrons. The van der Waals surface area contributed by atoms with Crippen LogP contribution in [0.3, 0.4) is 0 Å². The molecule has 0 saturated heterocycles. The minimum Gasteiger partial charge on any atom is -0.0914 e. The van der Waals surface area contributed by atoms with Crippen molar-refractivity contribution in [1.29, 1.82) is 0 Å². The maximum atomic E-state index is 2.42. The Labute approximate surface area is 101 Å². The topological polar surface area (TPSA) is 0 Å². The second-order valence-electron chi connectivity index (χ2n) is 6.42. The molecule has 0 spiro atoms. The van der Waals surface area contributed by atoms with Gasteiger partial charge in [0.05, 0.1) is 0 Å². The first-order chi connectivity index (χ1) is 7.09. The SMILES string of the molecule is CC(C)[CH2][Al]([CH2]C(C)C)[CH]1CCCCC1. The fourth-order valence-corrected chi connectivity index (χ4v) is 8.10. The number of rotatable bonds is 5. The summed E-state index contributed by atoms with van der Waals surface area (Å²) < 4.78 is 1.20. The lowest BCUT2D eigenvalue weighted by molar-refractivity contribution is 0.488. The molecule has 1 rings (SSSR count). The molecule has 0 aliphatic heterocycles. The molecule has 1 aliphatic carbocycles. The predicted molar refractivity (Wildman–Crippen MR) is 71.9 cm³/mol. The first kappa shape index (κ1) is 13.6. The quantitative estimate of drug-likeness (QED) is 0.568. The number of hydrogen-bond donors (Lipinski definition) is 0. The van der Waals surface area contributed by atoms with Crippen LogP contribution in [0.5, 0.6) is 0 Å². The first-order valence-electron chi connectivity index (χ1n) is 7.09. The van der Waals surface area contributed by atoms with Crippen molar-refractivity contribution in [3.8, 4) is 0 Å². The fraction of sp³-hybridized carbons (Fsp3) is 1.00. The molecule has 88 valence electrons. The summed E-state index contributed by atoms with van der Waals surface area (Å²) in [5.74, 6) is 1.89. The third-order valence-corrected chi connectivity index (χ3v) is 8.96. The zero-order chi connectivity index (χ0) is 11.3. The second-order valence-corrected chi connectivity index (χ2v) is 9.82. The summed E-state index contributed by atoms with van der Waals surface area (Å²) in [7, 11) is 0. The number of hydrogen-bond acceptors (Lipinski definition) is 0. The Morgan fingerprint density at radius 1 is 0.867 bits per heavy atom. The molecule has 1 heteroatoms. The molecule has 0 atom stereocenters. The van der Waals surface area contributed by atoms with Gasteiger partial charge in [-0.25, -0.2) is 0 Å². The van der Waals surface area contributed by atoms with E-state index in [2.05, 4.69) is 27.7 Å². The lowest BCUT2D eigenvalue weighted by atomic mass is 10.0. The largest absolute Gasteiger partial charge is 0.265 e. The minimum atomic E-state index is -0.431. The van der Waals surface area contributed by atoms with Crippen LogP contribution in [0.1, 0.15) is 59.8 Å². The van der Waals surface area contributed by atoms with Crippen LogP contribution in [0, 0.1) is 11.8 Å². The van der Waals surface area contributed by atoms with E-state index < -0.39 is 14.1 Å². The van der Waals surface area contributed by atoms with Crippen molar-refractivity contribution in [2.75, 3.05) is 0 Å². The second kappa shape index (κ2) is 6.98. The molecular formula is C14H29Al. The molecule has 0 unspecified atom stereocenters. The zero-order valence-electron chi connectivity index (χ0n) is 11.3. The molecule has 0 nitrogen and oxygen atoms in total. The van der Waals surface area contributed by atoms with Gasteiger partial charge in [-0.05, 0) is 0 Å².